The Balaban J connectivity index is 2.94. The molecule has 0 unspecified atom stereocenters. The van der Waals surface area contributed by atoms with Gasteiger partial charge >= 0.3 is 0 Å². The predicted octanol–water partition coefficient (Wildman–Crippen LogP) is 2.02. The monoisotopic (exact) mass is 182 g/mol. The van der Waals surface area contributed by atoms with E-state index in [4.69, 9.17) is 17.3 Å². The van der Waals surface area contributed by atoms with Crippen molar-refractivity contribution in [3.05, 3.63) is 34.6 Å². The van der Waals surface area contributed by atoms with E-state index in [0.717, 1.165) is 11.3 Å². The number of hydrogen-bond acceptors (Lipinski definition) is 2. The van der Waals surface area contributed by atoms with Gasteiger partial charge in [-0.2, -0.15) is 0 Å². The van der Waals surface area contributed by atoms with Crippen molar-refractivity contribution in [2.24, 2.45) is 5.73 Å². The van der Waals surface area contributed by atoms with Gasteiger partial charge in [-0.3, -0.25) is 0 Å². The maximum absolute atomic E-state index is 5.69. The molecule has 2 nitrogen and oxygen atoms in total. The number of hydrogen-bond donors (Lipinski definition) is 1. The van der Waals surface area contributed by atoms with Gasteiger partial charge in [0, 0.05) is 12.2 Å². The standard InChI is InChI=1S/C9H11ClN2/c1-7-8(3-2-6-11)4-5-9(10)12-7/h2-5H,6,11H2,1H3. The zero-order valence-electron chi connectivity index (χ0n) is 6.92. The molecule has 2 N–H and O–H groups in total. The molecule has 0 aliphatic carbocycles. The number of rotatable bonds is 2. The molecule has 12 heavy (non-hydrogen) atoms. The Morgan fingerprint density at radius 3 is 2.92 bits per heavy atom. The van der Waals surface area contributed by atoms with Crippen LogP contribution in [-0.4, -0.2) is 11.5 Å². The van der Waals surface area contributed by atoms with E-state index in [1.807, 2.05) is 25.1 Å². The minimum atomic E-state index is 0.525. The molecule has 0 radical (unpaired) electrons. The lowest BCUT2D eigenvalue weighted by molar-refractivity contribution is 1.19. The van der Waals surface area contributed by atoms with Crippen LogP contribution in [0.3, 0.4) is 0 Å². The summed E-state index contributed by atoms with van der Waals surface area (Å²) in [5.74, 6) is 0. The molecule has 1 rings (SSSR count). The van der Waals surface area contributed by atoms with E-state index in [2.05, 4.69) is 4.98 Å². The molecular formula is C9H11ClN2. The Hall–Kier alpha value is -0.860. The van der Waals surface area contributed by atoms with Gasteiger partial charge in [0.25, 0.3) is 0 Å². The van der Waals surface area contributed by atoms with E-state index in [1.54, 1.807) is 6.07 Å². The van der Waals surface area contributed by atoms with Crippen LogP contribution in [0.25, 0.3) is 6.08 Å². The third kappa shape index (κ3) is 2.32. The first-order valence-electron chi connectivity index (χ1n) is 3.74. The van der Waals surface area contributed by atoms with Gasteiger partial charge in [0.15, 0.2) is 0 Å². The molecule has 0 fully saturated rings. The summed E-state index contributed by atoms with van der Waals surface area (Å²) in [6.45, 7) is 2.46. The number of halogens is 1. The van der Waals surface area contributed by atoms with Crippen molar-refractivity contribution in [1.82, 2.24) is 4.98 Å². The van der Waals surface area contributed by atoms with Crippen LogP contribution in [0.2, 0.25) is 5.15 Å². The molecule has 0 spiro atoms. The highest BCUT2D eigenvalue weighted by Crippen LogP contribution is 2.11. The van der Waals surface area contributed by atoms with E-state index in [9.17, 15) is 0 Å². The fourth-order valence-corrected chi connectivity index (χ4v) is 1.10. The SMILES string of the molecule is Cc1nc(Cl)ccc1C=CCN. The van der Waals surface area contributed by atoms with Crippen molar-refractivity contribution in [2.45, 2.75) is 6.92 Å². The summed E-state index contributed by atoms with van der Waals surface area (Å²) < 4.78 is 0. The molecule has 0 saturated heterocycles. The fraction of sp³-hybridized carbons (Fsp3) is 0.222. The molecule has 0 aromatic carbocycles. The number of pyridine rings is 1. The Kier molecular flexibility index (Phi) is 3.26. The molecule has 1 aromatic rings. The van der Waals surface area contributed by atoms with E-state index >= 15 is 0 Å². The van der Waals surface area contributed by atoms with Crippen molar-refractivity contribution >= 4 is 17.7 Å². The second-order valence-corrected chi connectivity index (χ2v) is 2.83. The first-order chi connectivity index (χ1) is 5.74. The molecule has 0 atom stereocenters. The average Bonchev–Trinajstić information content (AvgIpc) is 2.03. The Bertz CT molecular complexity index is 295. The second kappa shape index (κ2) is 4.24. The van der Waals surface area contributed by atoms with E-state index in [0.29, 0.717) is 11.7 Å². The van der Waals surface area contributed by atoms with Gasteiger partial charge in [-0.25, -0.2) is 4.98 Å². The van der Waals surface area contributed by atoms with Gasteiger partial charge in [0.2, 0.25) is 0 Å². The van der Waals surface area contributed by atoms with Crippen LogP contribution in [0, 0.1) is 6.92 Å². The van der Waals surface area contributed by atoms with Gasteiger partial charge in [-0.15, -0.1) is 0 Å². The number of nitrogens with two attached hydrogens (primary N) is 1. The molecule has 1 heterocycles. The second-order valence-electron chi connectivity index (χ2n) is 2.45. The fourth-order valence-electron chi connectivity index (χ4n) is 0.912. The highest BCUT2D eigenvalue weighted by atomic mass is 35.5. The van der Waals surface area contributed by atoms with Crippen LogP contribution >= 0.6 is 11.6 Å². The summed E-state index contributed by atoms with van der Waals surface area (Å²) in [5.41, 5.74) is 7.31. The molecule has 0 amide bonds. The van der Waals surface area contributed by atoms with Gasteiger partial charge in [-0.1, -0.05) is 29.8 Å². The lowest BCUT2D eigenvalue weighted by Gasteiger charge is -1.98. The minimum Gasteiger partial charge on any atom is -0.327 e. The Morgan fingerprint density at radius 2 is 2.33 bits per heavy atom. The van der Waals surface area contributed by atoms with E-state index in [1.165, 1.54) is 0 Å². The molecule has 64 valence electrons. The lowest BCUT2D eigenvalue weighted by Crippen LogP contribution is -1.93. The molecular weight excluding hydrogens is 172 g/mol. The van der Waals surface area contributed by atoms with Crippen LogP contribution in [0.1, 0.15) is 11.3 Å². The predicted molar refractivity (Wildman–Crippen MR) is 52.1 cm³/mol. The zero-order valence-corrected chi connectivity index (χ0v) is 7.67. The average molecular weight is 183 g/mol. The normalized spacial score (nSPS) is 10.9. The maximum atomic E-state index is 5.69. The lowest BCUT2D eigenvalue weighted by atomic mass is 10.2. The zero-order chi connectivity index (χ0) is 8.97. The molecule has 0 bridgehead atoms. The number of nitrogens with zero attached hydrogens (tertiary/aromatic N) is 1. The van der Waals surface area contributed by atoms with Crippen molar-refractivity contribution in [3.8, 4) is 0 Å². The van der Waals surface area contributed by atoms with Crippen LogP contribution in [0.15, 0.2) is 18.2 Å². The number of aromatic nitrogens is 1. The summed E-state index contributed by atoms with van der Waals surface area (Å²) in [4.78, 5) is 4.10. The smallest absolute Gasteiger partial charge is 0.129 e. The van der Waals surface area contributed by atoms with Crippen LogP contribution in [-0.2, 0) is 0 Å². The Morgan fingerprint density at radius 1 is 1.58 bits per heavy atom. The highest BCUT2D eigenvalue weighted by molar-refractivity contribution is 6.29. The quantitative estimate of drug-likeness (QED) is 0.711. The number of aryl methyl sites for hydroxylation is 1. The van der Waals surface area contributed by atoms with Crippen molar-refractivity contribution in [1.29, 1.82) is 0 Å². The van der Waals surface area contributed by atoms with Crippen LogP contribution < -0.4 is 5.73 Å². The van der Waals surface area contributed by atoms with Crippen LogP contribution in [0.5, 0.6) is 0 Å². The molecule has 0 aliphatic rings. The van der Waals surface area contributed by atoms with Gasteiger partial charge in [0.05, 0.1) is 0 Å². The third-order valence-electron chi connectivity index (χ3n) is 1.53. The van der Waals surface area contributed by atoms with E-state index in [-0.39, 0.29) is 0 Å². The highest BCUT2D eigenvalue weighted by Gasteiger charge is 1.95. The summed E-state index contributed by atoms with van der Waals surface area (Å²) in [7, 11) is 0. The van der Waals surface area contributed by atoms with Crippen LogP contribution in [0.4, 0.5) is 0 Å². The minimum absolute atomic E-state index is 0.525. The van der Waals surface area contributed by atoms with Gasteiger partial charge in [0.1, 0.15) is 5.15 Å². The maximum Gasteiger partial charge on any atom is 0.129 e. The van der Waals surface area contributed by atoms with E-state index < -0.39 is 0 Å². The topological polar surface area (TPSA) is 38.9 Å². The molecule has 0 aliphatic heterocycles. The molecule has 3 heteroatoms. The third-order valence-corrected chi connectivity index (χ3v) is 1.74. The van der Waals surface area contributed by atoms with Gasteiger partial charge < -0.3 is 5.73 Å². The first-order valence-corrected chi connectivity index (χ1v) is 4.11. The molecule has 1 aromatic heterocycles. The summed E-state index contributed by atoms with van der Waals surface area (Å²) in [6.07, 6.45) is 3.83. The van der Waals surface area contributed by atoms with Crippen molar-refractivity contribution in [2.75, 3.05) is 6.54 Å². The summed E-state index contributed by atoms with van der Waals surface area (Å²) in [6, 6.07) is 3.70. The van der Waals surface area contributed by atoms with Crippen molar-refractivity contribution < 1.29 is 0 Å². The van der Waals surface area contributed by atoms with Crippen molar-refractivity contribution in [3.63, 3.8) is 0 Å². The Labute approximate surface area is 77.1 Å². The summed E-state index contributed by atoms with van der Waals surface area (Å²) >= 11 is 5.69. The van der Waals surface area contributed by atoms with Gasteiger partial charge in [-0.05, 0) is 18.6 Å². The first kappa shape index (κ1) is 9.23. The largest absolute Gasteiger partial charge is 0.327 e. The molecule has 0 saturated carbocycles. The summed E-state index contributed by atoms with van der Waals surface area (Å²) in [5, 5.41) is 0.525.